The van der Waals surface area contributed by atoms with Gasteiger partial charge in [0.25, 0.3) is 0 Å². The van der Waals surface area contributed by atoms with Crippen LogP contribution in [0, 0.1) is 0 Å². The quantitative estimate of drug-likeness (QED) is 0.173. The summed E-state index contributed by atoms with van der Waals surface area (Å²) in [4.78, 5) is 10.7. The van der Waals surface area contributed by atoms with E-state index in [4.69, 9.17) is 14.4 Å². The van der Waals surface area contributed by atoms with Crippen molar-refractivity contribution in [3.8, 4) is 50.6 Å². The molecule has 0 bridgehead atoms. The van der Waals surface area contributed by atoms with E-state index in [2.05, 4.69) is 193 Å². The van der Waals surface area contributed by atoms with Gasteiger partial charge >= 0.3 is 0 Å². The summed E-state index contributed by atoms with van der Waals surface area (Å²) in [6.07, 6.45) is 0. The van der Waals surface area contributed by atoms with Gasteiger partial charge in [0.05, 0.1) is 32.6 Å². The Morgan fingerprint density at radius 1 is 0.391 bits per heavy atom. The monoisotopic (exact) mass is 851 g/mol. The second kappa shape index (κ2) is 13.8. The van der Waals surface area contributed by atoms with Crippen LogP contribution in [0.5, 0.6) is 0 Å². The molecule has 0 saturated heterocycles. The van der Waals surface area contributed by atoms with E-state index < -0.39 is 0 Å². The number of benzene rings is 9. The predicted octanol–water partition coefficient (Wildman–Crippen LogP) is 16.9. The fraction of sp³-hybridized carbons (Fsp3) is 0. The fourth-order valence-electron chi connectivity index (χ4n) is 9.98. The molecule has 0 N–H and O–H groups in total. The highest BCUT2D eigenvalue weighted by Crippen LogP contribution is 2.50. The lowest BCUT2D eigenvalue weighted by atomic mass is 9.91. The molecule has 14 aromatic rings. The molecular formula is C58H33N3OS2. The van der Waals surface area contributed by atoms with Gasteiger partial charge in [-0.3, -0.25) is 0 Å². The van der Waals surface area contributed by atoms with Crippen molar-refractivity contribution < 1.29 is 4.42 Å². The second-order valence-electron chi connectivity index (χ2n) is 16.4. The first-order valence-electron chi connectivity index (χ1n) is 21.5. The van der Waals surface area contributed by atoms with Gasteiger partial charge in [-0.15, -0.1) is 22.7 Å². The third kappa shape index (κ3) is 5.21. The maximum atomic E-state index is 6.39. The molecule has 64 heavy (non-hydrogen) atoms. The Kier molecular flexibility index (Phi) is 7.69. The minimum atomic E-state index is 0.716. The van der Waals surface area contributed by atoms with Crippen molar-refractivity contribution >= 4 is 107 Å². The molecule has 298 valence electrons. The molecule has 0 saturated carbocycles. The predicted molar refractivity (Wildman–Crippen MR) is 271 cm³/mol. The van der Waals surface area contributed by atoms with E-state index in [1.807, 2.05) is 23.5 Å². The van der Waals surface area contributed by atoms with Crippen molar-refractivity contribution in [3.63, 3.8) is 0 Å². The van der Waals surface area contributed by atoms with Gasteiger partial charge in [0, 0.05) is 74.1 Å². The first-order chi connectivity index (χ1) is 31.7. The molecule has 0 aliphatic heterocycles. The number of hydrogen-bond donors (Lipinski definition) is 0. The van der Waals surface area contributed by atoms with E-state index in [9.17, 15) is 0 Å². The lowest BCUT2D eigenvalue weighted by Gasteiger charge is -2.21. The van der Waals surface area contributed by atoms with E-state index in [1.54, 1.807) is 11.3 Å². The van der Waals surface area contributed by atoms with Gasteiger partial charge < -0.3 is 8.98 Å². The van der Waals surface area contributed by atoms with Crippen molar-refractivity contribution in [2.75, 3.05) is 0 Å². The van der Waals surface area contributed by atoms with E-state index in [1.165, 1.54) is 41.0 Å². The Morgan fingerprint density at radius 3 is 1.72 bits per heavy atom. The SMILES string of the molecule is c1ccc(-c2nc(-c3cc(-c4ccccc4)c(-n4c5ccccc5c5c6sc7c(ccc8oc9ccccc9c87)c6ccc54)c(-c4ccccc4)c3)c3sc4ccccc4c3n2)cc1. The summed E-state index contributed by atoms with van der Waals surface area (Å²) in [7, 11) is 0. The first kappa shape index (κ1) is 35.7. The maximum absolute atomic E-state index is 6.39. The summed E-state index contributed by atoms with van der Waals surface area (Å²) < 4.78 is 13.7. The zero-order chi connectivity index (χ0) is 41.9. The number of hydrogen-bond acceptors (Lipinski definition) is 5. The van der Waals surface area contributed by atoms with Gasteiger partial charge in [-0.25, -0.2) is 9.97 Å². The van der Waals surface area contributed by atoms with Crippen LogP contribution in [0.4, 0.5) is 0 Å². The van der Waals surface area contributed by atoms with Gasteiger partial charge in [-0.05, 0) is 59.7 Å². The first-order valence-corrected chi connectivity index (χ1v) is 23.1. The molecule has 9 aromatic carbocycles. The Balaban J connectivity index is 1.12. The molecule has 0 amide bonds. The number of para-hydroxylation sites is 2. The number of fused-ring (bicyclic) bond motifs is 14. The minimum Gasteiger partial charge on any atom is -0.456 e. The van der Waals surface area contributed by atoms with Crippen LogP contribution in [-0.2, 0) is 0 Å². The minimum absolute atomic E-state index is 0.716. The van der Waals surface area contributed by atoms with E-state index in [-0.39, 0.29) is 0 Å². The van der Waals surface area contributed by atoms with Gasteiger partial charge in [0.1, 0.15) is 11.2 Å². The number of aromatic nitrogens is 3. The van der Waals surface area contributed by atoms with Crippen LogP contribution in [0.15, 0.2) is 205 Å². The third-order valence-electron chi connectivity index (χ3n) is 12.8. The number of nitrogens with zero attached hydrogens (tertiary/aromatic N) is 3. The van der Waals surface area contributed by atoms with Crippen LogP contribution < -0.4 is 0 Å². The maximum Gasteiger partial charge on any atom is 0.160 e. The highest BCUT2D eigenvalue weighted by molar-refractivity contribution is 7.28. The Bertz CT molecular complexity index is 4120. The van der Waals surface area contributed by atoms with Crippen LogP contribution in [0.3, 0.4) is 0 Å². The summed E-state index contributed by atoms with van der Waals surface area (Å²) in [6.45, 7) is 0. The van der Waals surface area contributed by atoms with Gasteiger partial charge in [-0.2, -0.15) is 0 Å². The summed E-state index contributed by atoms with van der Waals surface area (Å²) in [5.41, 5.74) is 13.7. The van der Waals surface area contributed by atoms with Crippen molar-refractivity contribution in [1.29, 1.82) is 0 Å². The second-order valence-corrected chi connectivity index (χ2v) is 18.5. The third-order valence-corrected chi connectivity index (χ3v) is 15.2. The molecule has 0 unspecified atom stereocenters. The molecule has 4 nitrogen and oxygen atoms in total. The molecule has 14 rings (SSSR count). The number of thiophene rings is 2. The summed E-state index contributed by atoms with van der Waals surface area (Å²) in [5.74, 6) is 0.716. The van der Waals surface area contributed by atoms with Crippen molar-refractivity contribution in [2.45, 2.75) is 0 Å². The molecule has 5 aromatic heterocycles. The van der Waals surface area contributed by atoms with Crippen molar-refractivity contribution in [2.24, 2.45) is 0 Å². The van der Waals surface area contributed by atoms with Gasteiger partial charge in [0.2, 0.25) is 0 Å². The molecular weight excluding hydrogens is 819 g/mol. The van der Waals surface area contributed by atoms with Crippen LogP contribution in [0.1, 0.15) is 0 Å². The Labute approximate surface area is 374 Å². The van der Waals surface area contributed by atoms with Crippen molar-refractivity contribution in [3.05, 3.63) is 200 Å². The van der Waals surface area contributed by atoms with Crippen LogP contribution >= 0.6 is 22.7 Å². The number of furan rings is 1. The molecule has 0 radical (unpaired) electrons. The molecule has 6 heteroatoms. The summed E-state index contributed by atoms with van der Waals surface area (Å²) in [6, 6.07) is 71.8. The fourth-order valence-corrected chi connectivity index (χ4v) is 12.5. The van der Waals surface area contributed by atoms with Crippen molar-refractivity contribution in [1.82, 2.24) is 14.5 Å². The molecule has 0 aliphatic carbocycles. The highest BCUT2D eigenvalue weighted by Gasteiger charge is 2.26. The zero-order valence-electron chi connectivity index (χ0n) is 34.1. The standard InChI is InChI=1S/C58H33N3OS2/c1-4-16-34(17-5-1)43-32-37(52-57-53(42-24-12-15-27-49(42)63-57)60-58(59-52)36-20-8-3-9-21-36)33-44(35-18-6-2-7-19-35)54(43)61-45-25-13-10-22-40(45)50-46(61)30-28-38-39-29-31-48-51(56(39)64-55(38)50)41-23-11-14-26-47(41)62-48/h1-33H. The van der Waals surface area contributed by atoms with Crippen LogP contribution in [0.2, 0.25) is 0 Å². The van der Waals surface area contributed by atoms with E-state index in [0.29, 0.717) is 5.82 Å². The topological polar surface area (TPSA) is 43.9 Å². The summed E-state index contributed by atoms with van der Waals surface area (Å²) in [5, 5.41) is 8.48. The largest absolute Gasteiger partial charge is 0.456 e. The smallest absolute Gasteiger partial charge is 0.160 e. The van der Waals surface area contributed by atoms with E-state index in [0.717, 1.165) is 88.0 Å². The highest BCUT2D eigenvalue weighted by atomic mass is 32.1. The van der Waals surface area contributed by atoms with Crippen LogP contribution in [0.25, 0.3) is 135 Å². The van der Waals surface area contributed by atoms with Gasteiger partial charge in [0.15, 0.2) is 5.82 Å². The average Bonchev–Trinajstić information content (AvgIpc) is 4.13. The molecule has 0 fully saturated rings. The Morgan fingerprint density at radius 2 is 0.984 bits per heavy atom. The normalized spacial score (nSPS) is 12.1. The molecule has 0 atom stereocenters. The summed E-state index contributed by atoms with van der Waals surface area (Å²) >= 11 is 3.65. The number of rotatable bonds is 5. The zero-order valence-corrected chi connectivity index (χ0v) is 35.8. The van der Waals surface area contributed by atoms with E-state index >= 15 is 0 Å². The van der Waals surface area contributed by atoms with Gasteiger partial charge in [-0.1, -0.05) is 152 Å². The molecule has 5 heterocycles. The molecule has 0 aliphatic rings. The lowest BCUT2D eigenvalue weighted by Crippen LogP contribution is -2.02. The average molecular weight is 852 g/mol. The molecule has 0 spiro atoms. The van der Waals surface area contributed by atoms with Crippen LogP contribution in [-0.4, -0.2) is 14.5 Å². The lowest BCUT2D eigenvalue weighted by molar-refractivity contribution is 0.669. The Hall–Kier alpha value is -7.90.